The van der Waals surface area contributed by atoms with E-state index < -0.39 is 5.60 Å². The normalized spacial score (nSPS) is 23.3. The van der Waals surface area contributed by atoms with Gasteiger partial charge in [0.25, 0.3) is 5.91 Å². The van der Waals surface area contributed by atoms with Gasteiger partial charge < -0.3 is 19.9 Å². The van der Waals surface area contributed by atoms with Gasteiger partial charge in [-0.25, -0.2) is 9.78 Å². The van der Waals surface area contributed by atoms with Gasteiger partial charge in [0, 0.05) is 25.2 Å². The Balaban J connectivity index is 1.70. The van der Waals surface area contributed by atoms with E-state index in [0.717, 1.165) is 31.6 Å². The largest absolute Gasteiger partial charge is 0.444 e. The summed E-state index contributed by atoms with van der Waals surface area (Å²) >= 11 is 6.08. The summed E-state index contributed by atoms with van der Waals surface area (Å²) in [6.45, 7) is 10.6. The molecule has 29 heavy (non-hydrogen) atoms. The number of nitrogens with zero attached hydrogens (tertiary/aromatic N) is 3. The van der Waals surface area contributed by atoms with E-state index in [9.17, 15) is 9.59 Å². The third kappa shape index (κ3) is 5.42. The molecule has 9 heteroatoms. The second-order valence-electron chi connectivity index (χ2n) is 8.81. The number of aromatic nitrogens is 2. The van der Waals surface area contributed by atoms with Crippen molar-refractivity contribution in [2.24, 2.45) is 0 Å². The average molecular weight is 426 g/mol. The van der Waals surface area contributed by atoms with Crippen LogP contribution in [0.4, 0.5) is 4.79 Å². The third-order valence-electron chi connectivity index (χ3n) is 5.46. The number of nitrogens with one attached hydrogen (secondary N) is 2. The highest BCUT2D eigenvalue weighted by molar-refractivity contribution is 6.30. The molecule has 2 fully saturated rings. The SMILES string of the molecule is CCc1[nH]c(C(=O)N[C@H]2CCN(C(=O)OC(C)(C)C)C[C@@H]2N2CCCC2)nc1Cl. The van der Waals surface area contributed by atoms with Gasteiger partial charge in [-0.3, -0.25) is 9.69 Å². The van der Waals surface area contributed by atoms with E-state index in [1.165, 1.54) is 0 Å². The first-order chi connectivity index (χ1) is 13.7. The Kier molecular flexibility index (Phi) is 6.73. The maximum Gasteiger partial charge on any atom is 0.410 e. The molecule has 1 aromatic rings. The zero-order valence-corrected chi connectivity index (χ0v) is 18.5. The van der Waals surface area contributed by atoms with E-state index in [-0.39, 0.29) is 29.9 Å². The van der Waals surface area contributed by atoms with Crippen molar-refractivity contribution in [2.45, 2.75) is 71.1 Å². The predicted molar refractivity (Wildman–Crippen MR) is 111 cm³/mol. The molecule has 0 unspecified atom stereocenters. The van der Waals surface area contributed by atoms with Gasteiger partial charge in [0.15, 0.2) is 11.0 Å². The van der Waals surface area contributed by atoms with Crippen LogP contribution in [0.5, 0.6) is 0 Å². The van der Waals surface area contributed by atoms with Crippen LogP contribution in [0.2, 0.25) is 5.15 Å². The van der Waals surface area contributed by atoms with Crippen molar-refractivity contribution in [3.8, 4) is 0 Å². The molecule has 0 saturated carbocycles. The lowest BCUT2D eigenvalue weighted by atomic mass is 9.98. The van der Waals surface area contributed by atoms with Crippen LogP contribution in [0.1, 0.15) is 63.3 Å². The molecule has 2 saturated heterocycles. The van der Waals surface area contributed by atoms with Crippen molar-refractivity contribution in [1.82, 2.24) is 25.1 Å². The van der Waals surface area contributed by atoms with Gasteiger partial charge in [0.05, 0.1) is 5.69 Å². The number of rotatable bonds is 4. The Morgan fingerprint density at radius 3 is 2.55 bits per heavy atom. The van der Waals surface area contributed by atoms with Crippen LogP contribution in [0, 0.1) is 0 Å². The van der Waals surface area contributed by atoms with Crippen LogP contribution in [0.15, 0.2) is 0 Å². The molecule has 0 aromatic carbocycles. The minimum atomic E-state index is -0.527. The zero-order valence-electron chi connectivity index (χ0n) is 17.8. The average Bonchev–Trinajstić information content (AvgIpc) is 3.30. The first-order valence-corrected chi connectivity index (χ1v) is 10.8. The summed E-state index contributed by atoms with van der Waals surface area (Å²) in [5.41, 5.74) is 0.230. The standard InChI is InChI=1S/C20H32ClN5O3/c1-5-13-16(21)24-17(22-13)18(27)23-14-8-11-26(19(28)29-20(2,3)4)12-15(14)25-9-6-7-10-25/h14-15H,5-12H2,1-4H3,(H,22,24)(H,23,27)/t14-,15-/m0/s1. The van der Waals surface area contributed by atoms with Gasteiger partial charge >= 0.3 is 6.09 Å². The van der Waals surface area contributed by atoms with E-state index in [0.29, 0.717) is 31.1 Å². The van der Waals surface area contributed by atoms with Crippen molar-refractivity contribution in [3.63, 3.8) is 0 Å². The molecule has 3 rings (SSSR count). The summed E-state index contributed by atoms with van der Waals surface area (Å²) in [6.07, 6.45) is 3.33. The van der Waals surface area contributed by atoms with E-state index in [1.807, 2.05) is 27.7 Å². The molecule has 2 amide bonds. The molecule has 0 radical (unpaired) electrons. The molecule has 0 aliphatic carbocycles. The van der Waals surface area contributed by atoms with Crippen molar-refractivity contribution < 1.29 is 14.3 Å². The van der Waals surface area contributed by atoms with Crippen molar-refractivity contribution in [2.75, 3.05) is 26.2 Å². The number of carbonyl (C=O) groups excluding carboxylic acids is 2. The lowest BCUT2D eigenvalue weighted by Gasteiger charge is -2.43. The molecule has 2 N–H and O–H groups in total. The van der Waals surface area contributed by atoms with Gasteiger partial charge in [-0.2, -0.15) is 0 Å². The van der Waals surface area contributed by atoms with Crippen LogP contribution in [-0.2, 0) is 11.2 Å². The lowest BCUT2D eigenvalue weighted by Crippen LogP contribution is -2.61. The summed E-state index contributed by atoms with van der Waals surface area (Å²) in [5.74, 6) is -0.0203. The van der Waals surface area contributed by atoms with Crippen LogP contribution in [-0.4, -0.2) is 75.6 Å². The van der Waals surface area contributed by atoms with Crippen LogP contribution in [0.25, 0.3) is 0 Å². The predicted octanol–water partition coefficient (Wildman–Crippen LogP) is 2.83. The minimum Gasteiger partial charge on any atom is -0.444 e. The Morgan fingerprint density at radius 2 is 1.97 bits per heavy atom. The molecule has 2 atom stereocenters. The fourth-order valence-electron chi connectivity index (χ4n) is 4.00. The molecule has 2 aliphatic rings. The molecular weight excluding hydrogens is 394 g/mol. The maximum atomic E-state index is 12.8. The number of aromatic amines is 1. The Labute approximate surface area is 177 Å². The second-order valence-corrected chi connectivity index (χ2v) is 9.17. The molecule has 3 heterocycles. The number of amides is 2. The molecule has 8 nitrogen and oxygen atoms in total. The van der Waals surface area contributed by atoms with Crippen LogP contribution in [0.3, 0.4) is 0 Å². The van der Waals surface area contributed by atoms with Crippen LogP contribution < -0.4 is 5.32 Å². The van der Waals surface area contributed by atoms with Crippen LogP contribution >= 0.6 is 11.6 Å². The maximum absolute atomic E-state index is 12.8. The topological polar surface area (TPSA) is 90.6 Å². The van der Waals surface area contributed by atoms with Gasteiger partial charge in [-0.15, -0.1) is 0 Å². The van der Waals surface area contributed by atoms with Gasteiger partial charge in [-0.05, 0) is 59.5 Å². The molecule has 1 aromatic heterocycles. The second kappa shape index (κ2) is 8.92. The number of ether oxygens (including phenoxy) is 1. The number of likely N-dealkylation sites (tertiary alicyclic amines) is 2. The minimum absolute atomic E-state index is 0.0544. The quantitative estimate of drug-likeness (QED) is 0.774. The number of hydrogen-bond donors (Lipinski definition) is 2. The smallest absolute Gasteiger partial charge is 0.410 e. The Morgan fingerprint density at radius 1 is 1.28 bits per heavy atom. The van der Waals surface area contributed by atoms with Gasteiger partial charge in [-0.1, -0.05) is 18.5 Å². The zero-order chi connectivity index (χ0) is 21.2. The van der Waals surface area contributed by atoms with E-state index in [2.05, 4.69) is 20.2 Å². The highest BCUT2D eigenvalue weighted by atomic mass is 35.5. The van der Waals surface area contributed by atoms with E-state index in [1.54, 1.807) is 4.90 Å². The number of aryl methyl sites for hydroxylation is 1. The van der Waals surface area contributed by atoms with Crippen molar-refractivity contribution >= 4 is 23.6 Å². The fraction of sp³-hybridized carbons (Fsp3) is 0.750. The number of halogens is 1. The third-order valence-corrected chi connectivity index (χ3v) is 5.77. The summed E-state index contributed by atoms with van der Waals surface area (Å²) in [6, 6.07) is -0.00737. The molecule has 0 spiro atoms. The number of piperidine rings is 1. The summed E-state index contributed by atoms with van der Waals surface area (Å²) in [4.78, 5) is 36.6. The highest BCUT2D eigenvalue weighted by Crippen LogP contribution is 2.23. The first kappa shape index (κ1) is 21.9. The molecule has 162 valence electrons. The van der Waals surface area contributed by atoms with Gasteiger partial charge in [0.2, 0.25) is 0 Å². The Bertz CT molecular complexity index is 739. The summed E-state index contributed by atoms with van der Waals surface area (Å²) in [5, 5.41) is 3.46. The fourth-order valence-corrected chi connectivity index (χ4v) is 4.27. The monoisotopic (exact) mass is 425 g/mol. The van der Waals surface area contributed by atoms with Crippen molar-refractivity contribution in [3.05, 3.63) is 16.7 Å². The van der Waals surface area contributed by atoms with E-state index >= 15 is 0 Å². The molecular formula is C20H32ClN5O3. The summed E-state index contributed by atoms with van der Waals surface area (Å²) < 4.78 is 5.55. The van der Waals surface area contributed by atoms with Crippen molar-refractivity contribution in [1.29, 1.82) is 0 Å². The number of imidazole rings is 1. The van der Waals surface area contributed by atoms with Gasteiger partial charge in [0.1, 0.15) is 5.60 Å². The number of hydrogen-bond acceptors (Lipinski definition) is 5. The van der Waals surface area contributed by atoms with E-state index in [4.69, 9.17) is 16.3 Å². The highest BCUT2D eigenvalue weighted by Gasteiger charge is 2.38. The molecule has 2 aliphatic heterocycles. The summed E-state index contributed by atoms with van der Waals surface area (Å²) in [7, 11) is 0. The number of carbonyl (C=O) groups is 2. The Hall–Kier alpha value is -1.80. The molecule has 0 bridgehead atoms. The lowest BCUT2D eigenvalue weighted by molar-refractivity contribution is 0.00765. The first-order valence-electron chi connectivity index (χ1n) is 10.4. The number of H-pyrrole nitrogens is 1.